The molecule has 108 valence electrons. The fraction of sp³-hybridized carbons (Fsp3) is 0.562. The highest BCUT2D eigenvalue weighted by Gasteiger charge is 2.31. The lowest BCUT2D eigenvalue weighted by atomic mass is 9.77. The average Bonchev–Trinajstić information content (AvgIpc) is 3.16. The van der Waals surface area contributed by atoms with Crippen molar-refractivity contribution < 1.29 is 0 Å². The highest BCUT2D eigenvalue weighted by molar-refractivity contribution is 7.13. The van der Waals surface area contributed by atoms with Crippen molar-refractivity contribution in [3.05, 3.63) is 29.9 Å². The van der Waals surface area contributed by atoms with E-state index in [1.165, 1.54) is 30.6 Å². The van der Waals surface area contributed by atoms with Gasteiger partial charge in [0.15, 0.2) is 0 Å². The van der Waals surface area contributed by atoms with Crippen LogP contribution in [0.4, 0.5) is 0 Å². The number of hydrogen-bond acceptors (Lipinski definition) is 3. The average molecular weight is 289 g/mol. The van der Waals surface area contributed by atoms with Crippen molar-refractivity contribution in [3.8, 4) is 10.7 Å². The van der Waals surface area contributed by atoms with Crippen molar-refractivity contribution in [1.29, 1.82) is 0 Å². The van der Waals surface area contributed by atoms with Gasteiger partial charge < -0.3 is 10.3 Å². The Hall–Kier alpha value is -1.13. The third kappa shape index (κ3) is 2.54. The third-order valence-electron chi connectivity index (χ3n) is 4.71. The number of nitrogens with zero attached hydrogens (tertiary/aromatic N) is 2. The Labute approximate surface area is 124 Å². The van der Waals surface area contributed by atoms with Crippen molar-refractivity contribution >= 4 is 11.3 Å². The molecule has 0 bridgehead atoms. The summed E-state index contributed by atoms with van der Waals surface area (Å²) < 4.78 is 2.38. The van der Waals surface area contributed by atoms with E-state index in [9.17, 15) is 0 Å². The van der Waals surface area contributed by atoms with E-state index in [0.29, 0.717) is 12.0 Å². The molecule has 1 aliphatic rings. The van der Waals surface area contributed by atoms with Crippen LogP contribution in [0, 0.1) is 11.8 Å². The van der Waals surface area contributed by atoms with Crippen molar-refractivity contribution in [3.63, 3.8) is 0 Å². The molecule has 3 unspecified atom stereocenters. The lowest BCUT2D eigenvalue weighted by Crippen LogP contribution is -2.32. The maximum absolute atomic E-state index is 6.02. The largest absolute Gasteiger partial charge is 0.330 e. The monoisotopic (exact) mass is 289 g/mol. The van der Waals surface area contributed by atoms with Gasteiger partial charge in [0.25, 0.3) is 0 Å². The van der Waals surface area contributed by atoms with Gasteiger partial charge in [0.05, 0.1) is 4.88 Å². The van der Waals surface area contributed by atoms with Gasteiger partial charge in [-0.05, 0) is 49.1 Å². The van der Waals surface area contributed by atoms with Crippen molar-refractivity contribution in [2.45, 2.75) is 38.6 Å². The molecule has 20 heavy (non-hydrogen) atoms. The minimum absolute atomic E-state index is 0.512. The summed E-state index contributed by atoms with van der Waals surface area (Å²) in [5, 5.41) is 2.12. The maximum Gasteiger partial charge on any atom is 0.150 e. The zero-order valence-electron chi connectivity index (χ0n) is 12.0. The van der Waals surface area contributed by atoms with Gasteiger partial charge in [-0.1, -0.05) is 19.4 Å². The molecule has 0 saturated heterocycles. The number of hydrogen-bond donors (Lipinski definition) is 1. The van der Waals surface area contributed by atoms with Gasteiger partial charge in [0.2, 0.25) is 0 Å². The highest BCUT2D eigenvalue weighted by Crippen LogP contribution is 2.40. The number of imidazole rings is 1. The minimum atomic E-state index is 0.512. The Kier molecular flexibility index (Phi) is 4.22. The summed E-state index contributed by atoms with van der Waals surface area (Å²) in [6.45, 7) is 3.09. The van der Waals surface area contributed by atoms with Gasteiger partial charge in [-0.15, -0.1) is 11.3 Å². The fourth-order valence-electron chi connectivity index (χ4n) is 3.46. The molecule has 2 aromatic heterocycles. The zero-order valence-corrected chi connectivity index (χ0v) is 12.9. The number of rotatable bonds is 4. The molecule has 0 radical (unpaired) electrons. The molecule has 1 saturated carbocycles. The molecule has 3 rings (SSSR count). The second-order valence-electron chi connectivity index (χ2n) is 5.79. The topological polar surface area (TPSA) is 43.8 Å². The molecule has 0 aliphatic heterocycles. The summed E-state index contributed by atoms with van der Waals surface area (Å²) >= 11 is 1.76. The first-order valence-electron chi connectivity index (χ1n) is 7.60. The van der Waals surface area contributed by atoms with Crippen LogP contribution in [0.25, 0.3) is 10.7 Å². The third-order valence-corrected chi connectivity index (χ3v) is 5.58. The normalized spacial score (nSPS) is 26.8. The Morgan fingerprint density at radius 3 is 3.05 bits per heavy atom. The highest BCUT2D eigenvalue weighted by atomic mass is 32.1. The van der Waals surface area contributed by atoms with Crippen molar-refractivity contribution in [1.82, 2.24) is 9.55 Å². The Morgan fingerprint density at radius 2 is 2.35 bits per heavy atom. The van der Waals surface area contributed by atoms with Crippen LogP contribution in [0.2, 0.25) is 0 Å². The van der Waals surface area contributed by atoms with Crippen LogP contribution in [0.5, 0.6) is 0 Å². The molecule has 3 atom stereocenters. The smallest absolute Gasteiger partial charge is 0.150 e. The number of aromatic nitrogens is 2. The van der Waals surface area contributed by atoms with Crippen LogP contribution >= 0.6 is 11.3 Å². The second kappa shape index (κ2) is 6.10. The summed E-state index contributed by atoms with van der Waals surface area (Å²) in [4.78, 5) is 5.84. The Bertz CT molecular complexity index is 532. The van der Waals surface area contributed by atoms with E-state index >= 15 is 0 Å². The predicted molar refractivity (Wildman–Crippen MR) is 84.8 cm³/mol. The summed E-state index contributed by atoms with van der Waals surface area (Å²) in [6, 6.07) is 4.76. The standard InChI is InChI=1S/C16H23N3S/c1-2-12-5-6-13(11-17)14(10-12)19-8-7-18-16(19)15-4-3-9-20-15/h3-4,7-9,12-14H,2,5-6,10-11,17H2,1H3. The maximum atomic E-state index is 6.02. The van der Waals surface area contributed by atoms with Gasteiger partial charge in [0.1, 0.15) is 5.82 Å². The van der Waals surface area contributed by atoms with Crippen molar-refractivity contribution in [2.75, 3.05) is 6.54 Å². The summed E-state index contributed by atoms with van der Waals surface area (Å²) in [5.74, 6) is 2.53. The minimum Gasteiger partial charge on any atom is -0.330 e. The number of nitrogens with two attached hydrogens (primary N) is 1. The Balaban J connectivity index is 1.92. The Morgan fingerprint density at radius 1 is 1.45 bits per heavy atom. The molecular weight excluding hydrogens is 266 g/mol. The first kappa shape index (κ1) is 13.8. The molecule has 4 heteroatoms. The predicted octanol–water partition coefficient (Wildman–Crippen LogP) is 3.94. The van der Waals surface area contributed by atoms with E-state index in [0.717, 1.165) is 18.3 Å². The van der Waals surface area contributed by atoms with Crippen LogP contribution in [0.1, 0.15) is 38.6 Å². The van der Waals surface area contributed by atoms with Gasteiger partial charge in [-0.3, -0.25) is 0 Å². The SMILES string of the molecule is CCC1CCC(CN)C(n2ccnc2-c2cccs2)C1. The molecular formula is C16H23N3S. The van der Waals surface area contributed by atoms with Crippen LogP contribution in [0.3, 0.4) is 0 Å². The number of thiophene rings is 1. The van der Waals surface area contributed by atoms with E-state index < -0.39 is 0 Å². The summed E-state index contributed by atoms with van der Waals surface area (Å²) in [6.07, 6.45) is 9.17. The fourth-order valence-corrected chi connectivity index (χ4v) is 4.18. The van der Waals surface area contributed by atoms with E-state index in [2.05, 4.69) is 40.2 Å². The molecule has 0 aromatic carbocycles. The molecule has 2 heterocycles. The quantitative estimate of drug-likeness (QED) is 0.926. The second-order valence-corrected chi connectivity index (χ2v) is 6.73. The van der Waals surface area contributed by atoms with Gasteiger partial charge in [-0.25, -0.2) is 4.98 Å². The zero-order chi connectivity index (χ0) is 13.9. The first-order chi connectivity index (χ1) is 9.83. The molecule has 0 spiro atoms. The van der Waals surface area contributed by atoms with E-state index in [-0.39, 0.29) is 0 Å². The first-order valence-corrected chi connectivity index (χ1v) is 8.48. The van der Waals surface area contributed by atoms with E-state index in [1.807, 2.05) is 6.20 Å². The molecule has 0 amide bonds. The van der Waals surface area contributed by atoms with E-state index in [4.69, 9.17) is 5.73 Å². The molecule has 2 N–H and O–H groups in total. The van der Waals surface area contributed by atoms with Crippen molar-refractivity contribution in [2.24, 2.45) is 17.6 Å². The summed E-state index contributed by atoms with van der Waals surface area (Å²) in [5.41, 5.74) is 6.02. The molecule has 2 aromatic rings. The van der Waals surface area contributed by atoms with Crippen LogP contribution < -0.4 is 5.73 Å². The van der Waals surface area contributed by atoms with E-state index in [1.54, 1.807) is 11.3 Å². The van der Waals surface area contributed by atoms with Gasteiger partial charge >= 0.3 is 0 Å². The molecule has 1 aliphatic carbocycles. The summed E-state index contributed by atoms with van der Waals surface area (Å²) in [7, 11) is 0. The van der Waals surface area contributed by atoms with Crippen LogP contribution in [-0.2, 0) is 0 Å². The van der Waals surface area contributed by atoms with Gasteiger partial charge in [-0.2, -0.15) is 0 Å². The van der Waals surface area contributed by atoms with Gasteiger partial charge in [0, 0.05) is 18.4 Å². The van der Waals surface area contributed by atoms with Crippen LogP contribution in [0.15, 0.2) is 29.9 Å². The molecule has 1 fully saturated rings. The van der Waals surface area contributed by atoms with Crippen LogP contribution in [-0.4, -0.2) is 16.1 Å². The lowest BCUT2D eigenvalue weighted by molar-refractivity contribution is 0.186. The lowest BCUT2D eigenvalue weighted by Gasteiger charge is -2.36. The molecule has 3 nitrogen and oxygen atoms in total.